The van der Waals surface area contributed by atoms with E-state index in [1.807, 2.05) is 6.20 Å². The summed E-state index contributed by atoms with van der Waals surface area (Å²) in [6.45, 7) is 11.1. The molecule has 1 aromatic rings. The van der Waals surface area contributed by atoms with Crippen molar-refractivity contribution in [2.75, 3.05) is 0 Å². The zero-order chi connectivity index (χ0) is 16.7. The molecule has 1 heteroatoms. The monoisotopic (exact) mass is 305 g/mol. The normalized spacial score (nSPS) is 30.6. The molecule has 0 bridgehead atoms. The number of pyridine rings is 1. The minimum absolute atomic E-state index is 0.0608. The molecular weight excluding hydrogens is 278 g/mol. The van der Waals surface area contributed by atoms with Crippen molar-refractivity contribution in [2.45, 2.75) is 45.4 Å². The third-order valence-corrected chi connectivity index (χ3v) is 5.15. The van der Waals surface area contributed by atoms with Crippen LogP contribution in [0.1, 0.15) is 45.9 Å². The van der Waals surface area contributed by atoms with E-state index in [9.17, 15) is 0 Å². The largest absolute Gasteiger partial charge is 0.260 e. The maximum absolute atomic E-state index is 4.79. The van der Waals surface area contributed by atoms with E-state index < -0.39 is 0 Å². The summed E-state index contributed by atoms with van der Waals surface area (Å²) >= 11 is 0. The Hall–Kier alpha value is -1.89. The van der Waals surface area contributed by atoms with Gasteiger partial charge in [-0.2, -0.15) is 0 Å². The first-order chi connectivity index (χ1) is 10.7. The lowest BCUT2D eigenvalue weighted by Gasteiger charge is -2.31. The summed E-state index contributed by atoms with van der Waals surface area (Å²) in [7, 11) is 0. The first-order valence-corrected chi connectivity index (χ1v) is 8.49. The predicted octanol–water partition coefficient (Wildman–Crippen LogP) is 5.51. The van der Waals surface area contributed by atoms with Crippen LogP contribution in [0, 0.1) is 11.3 Å². The van der Waals surface area contributed by atoms with E-state index in [1.165, 1.54) is 5.56 Å². The highest BCUT2D eigenvalue weighted by molar-refractivity contribution is 5.41. The molecule has 23 heavy (non-hydrogen) atoms. The summed E-state index contributed by atoms with van der Waals surface area (Å²) < 4.78 is 0. The van der Waals surface area contributed by atoms with Gasteiger partial charge in [-0.1, -0.05) is 75.4 Å². The molecule has 0 atom stereocenters. The van der Waals surface area contributed by atoms with Gasteiger partial charge in [-0.25, -0.2) is 0 Å². The van der Waals surface area contributed by atoms with E-state index in [0.717, 1.165) is 5.69 Å². The molecule has 1 aromatic heterocycles. The van der Waals surface area contributed by atoms with Crippen LogP contribution in [0.15, 0.2) is 66.9 Å². The second-order valence-corrected chi connectivity index (χ2v) is 8.06. The molecule has 0 saturated carbocycles. The Balaban J connectivity index is 1.88. The minimum Gasteiger partial charge on any atom is -0.260 e. The van der Waals surface area contributed by atoms with Gasteiger partial charge in [0, 0.05) is 22.4 Å². The van der Waals surface area contributed by atoms with Crippen LogP contribution < -0.4 is 0 Å². The fraction of sp³-hybridized carbons (Fsp3) is 0.409. The van der Waals surface area contributed by atoms with Gasteiger partial charge in [0.05, 0.1) is 5.69 Å². The van der Waals surface area contributed by atoms with Gasteiger partial charge in [-0.15, -0.1) is 0 Å². The molecule has 2 aliphatic carbocycles. The van der Waals surface area contributed by atoms with E-state index in [0.29, 0.717) is 5.92 Å². The topological polar surface area (TPSA) is 12.9 Å². The molecule has 0 radical (unpaired) electrons. The highest BCUT2D eigenvalue weighted by Gasteiger charge is 2.28. The van der Waals surface area contributed by atoms with Crippen LogP contribution in [0.2, 0.25) is 0 Å². The second kappa shape index (κ2) is 5.33. The van der Waals surface area contributed by atoms with Crippen molar-refractivity contribution < 1.29 is 0 Å². The summed E-state index contributed by atoms with van der Waals surface area (Å²) in [5, 5.41) is 0. The van der Waals surface area contributed by atoms with Crippen molar-refractivity contribution in [3.05, 3.63) is 78.2 Å². The Labute approximate surface area is 140 Å². The van der Waals surface area contributed by atoms with E-state index in [4.69, 9.17) is 4.98 Å². The number of nitrogens with zero attached hydrogens (tertiary/aromatic N) is 1. The maximum atomic E-state index is 4.79. The van der Waals surface area contributed by atoms with Gasteiger partial charge in [0.25, 0.3) is 0 Å². The van der Waals surface area contributed by atoms with Crippen LogP contribution >= 0.6 is 0 Å². The van der Waals surface area contributed by atoms with Crippen molar-refractivity contribution in [1.29, 1.82) is 0 Å². The lowest BCUT2D eigenvalue weighted by Crippen LogP contribution is -2.24. The fourth-order valence-corrected chi connectivity index (χ4v) is 3.10. The van der Waals surface area contributed by atoms with Crippen LogP contribution in [0.4, 0.5) is 0 Å². The number of allylic oxidation sites excluding steroid dienone is 8. The van der Waals surface area contributed by atoms with Crippen molar-refractivity contribution in [2.24, 2.45) is 11.3 Å². The molecule has 1 heterocycles. The Bertz CT molecular complexity index is 668. The van der Waals surface area contributed by atoms with Crippen molar-refractivity contribution in [1.82, 2.24) is 4.98 Å². The fourth-order valence-electron chi connectivity index (χ4n) is 3.10. The second-order valence-electron chi connectivity index (χ2n) is 8.06. The maximum Gasteiger partial charge on any atom is 0.0538 e. The summed E-state index contributed by atoms with van der Waals surface area (Å²) in [4.78, 5) is 4.79. The first kappa shape index (κ1) is 16.0. The smallest absolute Gasteiger partial charge is 0.0538 e. The molecule has 120 valence electrons. The van der Waals surface area contributed by atoms with Gasteiger partial charge >= 0.3 is 0 Å². The number of hydrogen-bond acceptors (Lipinski definition) is 1. The number of hydrogen-bond donors (Lipinski definition) is 0. The molecule has 0 aromatic carbocycles. The quantitative estimate of drug-likeness (QED) is 0.656. The van der Waals surface area contributed by atoms with Crippen molar-refractivity contribution in [3.8, 4) is 0 Å². The lowest BCUT2D eigenvalue weighted by molar-refractivity contribution is 0.579. The van der Waals surface area contributed by atoms with Crippen LogP contribution in [0.25, 0.3) is 0 Å². The molecule has 0 aliphatic heterocycles. The number of aromatic nitrogens is 1. The van der Waals surface area contributed by atoms with Gasteiger partial charge in [0.15, 0.2) is 0 Å². The highest BCUT2D eigenvalue weighted by Crippen LogP contribution is 2.36. The highest BCUT2D eigenvalue weighted by atomic mass is 14.7. The molecule has 0 N–H and O–H groups in total. The van der Waals surface area contributed by atoms with Gasteiger partial charge in [0.2, 0.25) is 0 Å². The third kappa shape index (κ3) is 3.10. The molecule has 0 saturated heterocycles. The molecule has 2 aliphatic rings. The summed E-state index contributed by atoms with van der Waals surface area (Å²) in [6.07, 6.45) is 20.3. The lowest BCUT2D eigenvalue weighted by atomic mass is 9.74. The molecule has 0 fully saturated rings. The summed E-state index contributed by atoms with van der Waals surface area (Å²) in [6, 6.07) is 4.40. The molecule has 3 rings (SSSR count). The van der Waals surface area contributed by atoms with E-state index in [-0.39, 0.29) is 16.2 Å². The Morgan fingerprint density at radius 1 is 0.783 bits per heavy atom. The number of rotatable bonds is 2. The summed E-state index contributed by atoms with van der Waals surface area (Å²) in [5.41, 5.74) is 2.34. The minimum atomic E-state index is -0.0911. The van der Waals surface area contributed by atoms with E-state index in [1.54, 1.807) is 0 Å². The van der Waals surface area contributed by atoms with Crippen LogP contribution in [0.5, 0.6) is 0 Å². The van der Waals surface area contributed by atoms with Gasteiger partial charge in [-0.05, 0) is 31.4 Å². The summed E-state index contributed by atoms with van der Waals surface area (Å²) in [5.74, 6) is 0.516. The third-order valence-electron chi connectivity index (χ3n) is 5.15. The van der Waals surface area contributed by atoms with Gasteiger partial charge in [-0.3, -0.25) is 4.98 Å². The van der Waals surface area contributed by atoms with Gasteiger partial charge < -0.3 is 0 Å². The average molecular weight is 305 g/mol. The Morgan fingerprint density at radius 3 is 1.91 bits per heavy atom. The zero-order valence-electron chi connectivity index (χ0n) is 14.9. The first-order valence-electron chi connectivity index (χ1n) is 8.49. The molecule has 0 amide bonds. The Kier molecular flexibility index (Phi) is 3.71. The van der Waals surface area contributed by atoms with Crippen LogP contribution in [-0.2, 0) is 10.8 Å². The predicted molar refractivity (Wildman–Crippen MR) is 98.4 cm³/mol. The zero-order valence-corrected chi connectivity index (χ0v) is 14.9. The van der Waals surface area contributed by atoms with E-state index in [2.05, 4.69) is 95.4 Å². The van der Waals surface area contributed by atoms with E-state index >= 15 is 0 Å². The van der Waals surface area contributed by atoms with Crippen molar-refractivity contribution in [3.63, 3.8) is 0 Å². The average Bonchev–Trinajstić information content (AvgIpc) is 2.54. The van der Waals surface area contributed by atoms with Gasteiger partial charge in [0.1, 0.15) is 0 Å². The van der Waals surface area contributed by atoms with Crippen LogP contribution in [-0.4, -0.2) is 4.98 Å². The van der Waals surface area contributed by atoms with Crippen LogP contribution in [0.3, 0.4) is 0 Å². The van der Waals surface area contributed by atoms with Crippen molar-refractivity contribution >= 4 is 0 Å². The molecule has 1 nitrogen and oxygen atoms in total. The molecule has 0 unspecified atom stereocenters. The standard InChI is InChI=1S/C22H27N/c1-17-8-10-22(5,11-9-17)19-7-6-18(16-23-19)21(4)14-12-20(2,3)13-15-21/h6-17H,1-5H3. The Morgan fingerprint density at radius 2 is 1.39 bits per heavy atom. The molecular formula is C22H27N. The molecule has 0 spiro atoms. The SMILES string of the molecule is CC1C=CC(C)(c2ccc(C3(C)C=CC(C)(C)C=C3)cn2)C=C1.